The van der Waals surface area contributed by atoms with E-state index < -0.39 is 11.8 Å². The smallest absolute Gasteiger partial charge is 0.262 e. The average molecular weight is 527 g/mol. The first kappa shape index (κ1) is 26.0. The maximum atomic E-state index is 12.7. The van der Waals surface area contributed by atoms with E-state index >= 15 is 0 Å². The van der Waals surface area contributed by atoms with Crippen LogP contribution in [0.5, 0.6) is 0 Å². The molecule has 0 aliphatic carbocycles. The van der Waals surface area contributed by atoms with Crippen molar-refractivity contribution in [3.63, 3.8) is 0 Å². The molecule has 2 heterocycles. The van der Waals surface area contributed by atoms with Crippen molar-refractivity contribution in [2.75, 3.05) is 11.9 Å². The summed E-state index contributed by atoms with van der Waals surface area (Å²) in [6.07, 6.45) is 5.04. The van der Waals surface area contributed by atoms with Crippen molar-refractivity contribution in [2.24, 2.45) is 0 Å². The molecule has 8 heteroatoms. The van der Waals surface area contributed by atoms with E-state index in [0.29, 0.717) is 6.54 Å². The first-order chi connectivity index (χ1) is 19.6. The zero-order chi connectivity index (χ0) is 27.9. The third-order valence-electron chi connectivity index (χ3n) is 6.79. The van der Waals surface area contributed by atoms with Gasteiger partial charge in [-0.3, -0.25) is 9.59 Å². The van der Waals surface area contributed by atoms with Gasteiger partial charge in [0.05, 0.1) is 0 Å². The molecule has 1 aromatic heterocycles. The number of nitrogens with zero attached hydrogens (tertiary/aromatic N) is 2. The van der Waals surface area contributed by atoms with Crippen LogP contribution in [0.2, 0.25) is 0 Å². The largest absolute Gasteiger partial charge is 0.384 e. The van der Waals surface area contributed by atoms with E-state index in [9.17, 15) is 20.1 Å². The van der Waals surface area contributed by atoms with Gasteiger partial charge in [-0.15, -0.1) is 0 Å². The maximum Gasteiger partial charge on any atom is 0.262 e. The zero-order valence-corrected chi connectivity index (χ0v) is 21.6. The first-order valence-electron chi connectivity index (χ1n) is 12.8. The number of benzene rings is 3. The van der Waals surface area contributed by atoms with Crippen LogP contribution in [0.3, 0.4) is 0 Å². The third-order valence-corrected chi connectivity index (χ3v) is 6.79. The average Bonchev–Trinajstić information content (AvgIpc) is 3.60. The number of anilines is 1. The molecule has 4 N–H and O–H groups in total. The van der Waals surface area contributed by atoms with Crippen LogP contribution in [0.15, 0.2) is 96.2 Å². The molecule has 0 spiro atoms. The van der Waals surface area contributed by atoms with Crippen LogP contribution in [0, 0.1) is 22.7 Å². The summed E-state index contributed by atoms with van der Waals surface area (Å²) in [6, 6.07) is 26.9. The lowest BCUT2D eigenvalue weighted by atomic mass is 9.98. The van der Waals surface area contributed by atoms with Crippen LogP contribution < -0.4 is 16.0 Å². The van der Waals surface area contributed by atoms with Gasteiger partial charge in [-0.25, -0.2) is 0 Å². The van der Waals surface area contributed by atoms with Crippen LogP contribution in [0.25, 0.3) is 17.0 Å². The fourth-order valence-electron chi connectivity index (χ4n) is 4.75. The van der Waals surface area contributed by atoms with Crippen molar-refractivity contribution in [2.45, 2.75) is 19.0 Å². The number of para-hydroxylation sites is 2. The lowest BCUT2D eigenvalue weighted by Crippen LogP contribution is -2.25. The van der Waals surface area contributed by atoms with E-state index in [4.69, 9.17) is 0 Å². The van der Waals surface area contributed by atoms with Crippen molar-refractivity contribution >= 4 is 34.5 Å². The number of nitriles is 2. The molecular formula is C32H26N6O2. The van der Waals surface area contributed by atoms with Gasteiger partial charge in [-0.05, 0) is 34.9 Å². The minimum atomic E-state index is -0.474. The lowest BCUT2D eigenvalue weighted by Gasteiger charge is -2.09. The summed E-state index contributed by atoms with van der Waals surface area (Å²) in [7, 11) is 0. The van der Waals surface area contributed by atoms with Crippen molar-refractivity contribution in [3.05, 3.63) is 118 Å². The Balaban J connectivity index is 1.19. The summed E-state index contributed by atoms with van der Waals surface area (Å²) in [4.78, 5) is 28.6. The van der Waals surface area contributed by atoms with E-state index in [1.807, 2.05) is 84.9 Å². The highest BCUT2D eigenvalue weighted by Crippen LogP contribution is 2.32. The van der Waals surface area contributed by atoms with E-state index in [-0.39, 0.29) is 30.2 Å². The highest BCUT2D eigenvalue weighted by Gasteiger charge is 2.22. The van der Waals surface area contributed by atoms with Gasteiger partial charge in [-0.1, -0.05) is 66.7 Å². The Morgan fingerprint density at radius 1 is 0.875 bits per heavy atom. The number of fused-ring (bicyclic) bond motifs is 2. The van der Waals surface area contributed by atoms with Gasteiger partial charge in [0.15, 0.2) is 0 Å². The molecule has 40 heavy (non-hydrogen) atoms. The second kappa shape index (κ2) is 11.8. The minimum absolute atomic E-state index is 0.00378. The van der Waals surface area contributed by atoms with Gasteiger partial charge in [0.2, 0.25) is 0 Å². The predicted molar refractivity (Wildman–Crippen MR) is 153 cm³/mol. The Hall–Kier alpha value is -5.60. The monoisotopic (exact) mass is 526 g/mol. The quantitative estimate of drug-likeness (QED) is 0.196. The molecule has 4 aromatic rings. The molecular weight excluding hydrogens is 500 g/mol. The van der Waals surface area contributed by atoms with Crippen LogP contribution in [-0.4, -0.2) is 23.3 Å². The van der Waals surface area contributed by atoms with E-state index in [0.717, 1.165) is 38.8 Å². The fourth-order valence-corrected chi connectivity index (χ4v) is 4.75. The number of aromatic nitrogens is 1. The molecule has 196 valence electrons. The number of amides is 2. The highest BCUT2D eigenvalue weighted by atomic mass is 16.2. The minimum Gasteiger partial charge on any atom is -0.384 e. The summed E-state index contributed by atoms with van der Waals surface area (Å²) in [6.45, 7) is 1.07. The van der Waals surface area contributed by atoms with Gasteiger partial charge in [0.1, 0.15) is 23.3 Å². The highest BCUT2D eigenvalue weighted by molar-refractivity contribution is 6.04. The number of rotatable bonds is 8. The Labute approximate surface area is 231 Å². The normalized spacial score (nSPS) is 14.5. The molecule has 0 fully saturated rings. The summed E-state index contributed by atoms with van der Waals surface area (Å²) in [5.41, 5.74) is 5.47. The molecule has 0 saturated carbocycles. The van der Waals surface area contributed by atoms with Crippen molar-refractivity contribution in [1.29, 1.82) is 10.5 Å². The Bertz CT molecular complexity index is 1730. The van der Waals surface area contributed by atoms with E-state index in [1.165, 1.54) is 0 Å². The number of hydrogen-bond donors (Lipinski definition) is 4. The SMILES string of the molecule is N#C/C(=C\c1c[nH]c2ccccc12)C(=O)NCc1cccc(CNC(=O)/C(C#N)=C/C2CNc3ccccc32)c1. The number of carbonyl (C=O) groups excluding carboxylic acids is 2. The van der Waals surface area contributed by atoms with Gasteiger partial charge in [0.25, 0.3) is 11.8 Å². The molecule has 2 amide bonds. The molecule has 3 aromatic carbocycles. The first-order valence-corrected chi connectivity index (χ1v) is 12.8. The Morgan fingerprint density at radius 2 is 1.55 bits per heavy atom. The van der Waals surface area contributed by atoms with Crippen molar-refractivity contribution in [1.82, 2.24) is 15.6 Å². The van der Waals surface area contributed by atoms with Crippen LogP contribution in [0.1, 0.15) is 28.2 Å². The lowest BCUT2D eigenvalue weighted by molar-refractivity contribution is -0.118. The molecule has 1 aliphatic rings. The summed E-state index contributed by atoms with van der Waals surface area (Å²) >= 11 is 0. The third kappa shape index (κ3) is 5.77. The molecule has 0 saturated heterocycles. The Kier molecular flexibility index (Phi) is 7.71. The van der Waals surface area contributed by atoms with Crippen molar-refractivity contribution < 1.29 is 9.59 Å². The second-order valence-corrected chi connectivity index (χ2v) is 9.41. The summed E-state index contributed by atoms with van der Waals surface area (Å²) < 4.78 is 0. The standard InChI is InChI=1S/C32H26N6O2/c33-15-23(13-25-19-35-29-10-3-1-8-27(25)29)31(39)37-17-21-6-5-7-22(12-21)18-38-32(40)24(16-34)14-26-20-36-30-11-4-2-9-28(26)30/h1-14,19,26,35-36H,17-18,20H2,(H,37,39)(H,38,40)/b23-13+,24-14+. The molecule has 0 radical (unpaired) electrons. The van der Waals surface area contributed by atoms with E-state index in [1.54, 1.807) is 18.3 Å². The van der Waals surface area contributed by atoms with Crippen molar-refractivity contribution in [3.8, 4) is 12.1 Å². The summed E-state index contributed by atoms with van der Waals surface area (Å²) in [5.74, 6) is -0.961. The van der Waals surface area contributed by atoms with Gasteiger partial charge < -0.3 is 20.9 Å². The zero-order valence-electron chi connectivity index (χ0n) is 21.6. The molecule has 0 bridgehead atoms. The molecule has 1 atom stereocenters. The molecule has 1 aliphatic heterocycles. The Morgan fingerprint density at radius 3 is 2.30 bits per heavy atom. The summed E-state index contributed by atoms with van der Waals surface area (Å²) in [5, 5.41) is 29.0. The molecule has 8 nitrogen and oxygen atoms in total. The maximum absolute atomic E-state index is 12.7. The van der Waals surface area contributed by atoms with Crippen LogP contribution in [-0.2, 0) is 22.7 Å². The van der Waals surface area contributed by atoms with Gasteiger partial charge in [-0.2, -0.15) is 10.5 Å². The number of carbonyl (C=O) groups is 2. The van der Waals surface area contributed by atoms with E-state index in [2.05, 4.69) is 20.9 Å². The number of H-pyrrole nitrogens is 1. The number of aromatic amines is 1. The second-order valence-electron chi connectivity index (χ2n) is 9.41. The van der Waals surface area contributed by atoms with Gasteiger partial charge in [0, 0.05) is 53.9 Å². The number of hydrogen-bond acceptors (Lipinski definition) is 5. The fraction of sp³-hybridized carbons (Fsp3) is 0.125. The molecule has 5 rings (SSSR count). The van der Waals surface area contributed by atoms with Crippen LogP contribution >= 0.6 is 0 Å². The number of nitrogens with one attached hydrogen (secondary N) is 4. The van der Waals surface area contributed by atoms with Crippen LogP contribution in [0.4, 0.5) is 5.69 Å². The molecule has 1 unspecified atom stereocenters. The predicted octanol–water partition coefficient (Wildman–Crippen LogP) is 4.67. The van der Waals surface area contributed by atoms with Gasteiger partial charge >= 0.3 is 0 Å². The topological polar surface area (TPSA) is 134 Å².